The Labute approximate surface area is 86.4 Å². The van der Waals surface area contributed by atoms with Crippen LogP contribution in [0.15, 0.2) is 12.2 Å². The first-order valence-electron chi connectivity index (χ1n) is 5.15. The van der Waals surface area contributed by atoms with Crippen LogP contribution in [-0.4, -0.2) is 35.1 Å². The van der Waals surface area contributed by atoms with Gasteiger partial charge in [-0.2, -0.15) is 0 Å². The number of aliphatic carboxylic acids is 1. The molecule has 0 aromatic carbocycles. The molecule has 0 aliphatic heterocycles. The van der Waals surface area contributed by atoms with Crippen LogP contribution in [0.4, 0.5) is 0 Å². The summed E-state index contributed by atoms with van der Waals surface area (Å²) in [5, 5.41) is 8.51. The van der Waals surface area contributed by atoms with Crippen molar-refractivity contribution in [1.82, 2.24) is 4.90 Å². The number of carboxylic acid groups (broad SMARTS) is 1. The molecule has 1 N–H and O–H groups in total. The molecule has 0 aromatic heterocycles. The number of nitrogens with zero attached hydrogens (tertiary/aromatic N) is 1. The predicted octanol–water partition coefficient (Wildman–Crippen LogP) is 2.14. The molecule has 82 valence electrons. The highest BCUT2D eigenvalue weighted by Crippen LogP contribution is 2.01. The molecule has 0 aliphatic carbocycles. The molecule has 0 amide bonds. The molecule has 0 saturated carbocycles. The lowest BCUT2D eigenvalue weighted by atomic mass is 10.2. The molecule has 0 rings (SSSR count). The lowest BCUT2D eigenvalue weighted by Gasteiger charge is -2.24. The zero-order chi connectivity index (χ0) is 11.0. The Morgan fingerprint density at radius 2 is 2.14 bits per heavy atom. The van der Waals surface area contributed by atoms with Crippen LogP contribution >= 0.6 is 0 Å². The minimum absolute atomic E-state index is 0.263. The minimum Gasteiger partial charge on any atom is -0.481 e. The maximum absolute atomic E-state index is 10.3. The number of hydrogen-bond donors (Lipinski definition) is 1. The van der Waals surface area contributed by atoms with E-state index in [9.17, 15) is 4.79 Å². The van der Waals surface area contributed by atoms with E-state index in [1.54, 1.807) is 0 Å². The monoisotopic (exact) mass is 199 g/mol. The number of hydrogen-bond acceptors (Lipinski definition) is 2. The Hall–Kier alpha value is -0.830. The van der Waals surface area contributed by atoms with E-state index in [4.69, 9.17) is 5.11 Å². The highest BCUT2D eigenvalue weighted by atomic mass is 16.4. The normalized spacial score (nSPS) is 11.8. The molecule has 14 heavy (non-hydrogen) atoms. The second-order valence-electron chi connectivity index (χ2n) is 3.66. The lowest BCUT2D eigenvalue weighted by Crippen LogP contribution is -2.32. The Morgan fingerprint density at radius 1 is 1.50 bits per heavy atom. The second-order valence-corrected chi connectivity index (χ2v) is 3.66. The van der Waals surface area contributed by atoms with Crippen LogP contribution in [0.1, 0.15) is 33.6 Å². The molecule has 0 bridgehead atoms. The zero-order valence-corrected chi connectivity index (χ0v) is 9.36. The van der Waals surface area contributed by atoms with E-state index in [-0.39, 0.29) is 6.42 Å². The van der Waals surface area contributed by atoms with Gasteiger partial charge in [0.2, 0.25) is 0 Å². The maximum Gasteiger partial charge on any atom is 0.303 e. The summed E-state index contributed by atoms with van der Waals surface area (Å²) in [5.41, 5.74) is 0. The van der Waals surface area contributed by atoms with Gasteiger partial charge in [-0.05, 0) is 33.7 Å². The first-order chi connectivity index (χ1) is 6.57. The summed E-state index contributed by atoms with van der Waals surface area (Å²) in [6.07, 6.45) is 5.11. The number of rotatable bonds is 7. The third kappa shape index (κ3) is 6.66. The number of allylic oxidation sites excluding steroid dienone is 1. The van der Waals surface area contributed by atoms with Gasteiger partial charge in [0.15, 0.2) is 0 Å². The molecular formula is C11H21NO2. The van der Waals surface area contributed by atoms with Crippen molar-refractivity contribution in [3.8, 4) is 0 Å². The molecule has 0 aromatic rings. The molecule has 3 nitrogen and oxygen atoms in total. The molecule has 0 unspecified atom stereocenters. The maximum atomic E-state index is 10.3. The fraction of sp³-hybridized carbons (Fsp3) is 0.727. The predicted molar refractivity (Wildman–Crippen MR) is 58.4 cm³/mol. The van der Waals surface area contributed by atoms with Crippen LogP contribution in [0, 0.1) is 0 Å². The first-order valence-corrected chi connectivity index (χ1v) is 5.15. The summed E-state index contributed by atoms with van der Waals surface area (Å²) >= 11 is 0. The van der Waals surface area contributed by atoms with Gasteiger partial charge in [0.1, 0.15) is 0 Å². The second kappa shape index (κ2) is 7.56. The average molecular weight is 199 g/mol. The van der Waals surface area contributed by atoms with Crippen LogP contribution < -0.4 is 0 Å². The van der Waals surface area contributed by atoms with E-state index >= 15 is 0 Å². The lowest BCUT2D eigenvalue weighted by molar-refractivity contribution is -0.137. The van der Waals surface area contributed by atoms with E-state index in [0.29, 0.717) is 6.04 Å². The van der Waals surface area contributed by atoms with Crippen LogP contribution in [0.5, 0.6) is 0 Å². The number of carbonyl (C=O) groups is 1. The first kappa shape index (κ1) is 13.2. The molecule has 0 spiro atoms. The fourth-order valence-electron chi connectivity index (χ4n) is 1.23. The van der Waals surface area contributed by atoms with Crippen molar-refractivity contribution in [2.24, 2.45) is 0 Å². The Bertz CT molecular complexity index is 188. The third-order valence-electron chi connectivity index (χ3n) is 2.14. The van der Waals surface area contributed by atoms with Crippen molar-refractivity contribution < 1.29 is 9.90 Å². The van der Waals surface area contributed by atoms with Gasteiger partial charge in [0.05, 0.1) is 0 Å². The summed E-state index contributed by atoms with van der Waals surface area (Å²) in [4.78, 5) is 12.6. The molecule has 0 aliphatic rings. The summed E-state index contributed by atoms with van der Waals surface area (Å²) in [7, 11) is 0. The van der Waals surface area contributed by atoms with Gasteiger partial charge in [0, 0.05) is 19.0 Å². The standard InChI is InChI=1S/C11H21NO2/c1-4-5-8-12(10(2)3)9-6-7-11(13)14/h4-5,10H,6-9H2,1-3H3,(H,13,14)/b5-4+. The van der Waals surface area contributed by atoms with Crippen LogP contribution in [0.3, 0.4) is 0 Å². The van der Waals surface area contributed by atoms with E-state index in [2.05, 4.69) is 24.8 Å². The molecule has 0 atom stereocenters. The fourth-order valence-corrected chi connectivity index (χ4v) is 1.23. The smallest absolute Gasteiger partial charge is 0.303 e. The van der Waals surface area contributed by atoms with Crippen molar-refractivity contribution in [2.75, 3.05) is 13.1 Å². The third-order valence-corrected chi connectivity index (χ3v) is 2.14. The van der Waals surface area contributed by atoms with Crippen LogP contribution in [-0.2, 0) is 4.79 Å². The van der Waals surface area contributed by atoms with Crippen LogP contribution in [0.2, 0.25) is 0 Å². The number of carboxylic acids is 1. The van der Waals surface area contributed by atoms with Gasteiger partial charge >= 0.3 is 5.97 Å². The average Bonchev–Trinajstić information content (AvgIpc) is 2.09. The molecule has 0 radical (unpaired) electrons. The van der Waals surface area contributed by atoms with E-state index in [0.717, 1.165) is 19.5 Å². The summed E-state index contributed by atoms with van der Waals surface area (Å²) in [6.45, 7) is 8.02. The Kier molecular flexibility index (Phi) is 7.11. The highest BCUT2D eigenvalue weighted by molar-refractivity contribution is 5.66. The SMILES string of the molecule is C/C=C/CN(CCCC(=O)O)C(C)C. The van der Waals surface area contributed by atoms with E-state index in [1.165, 1.54) is 0 Å². The topological polar surface area (TPSA) is 40.5 Å². The Morgan fingerprint density at radius 3 is 2.57 bits per heavy atom. The van der Waals surface area contributed by atoms with Gasteiger partial charge in [-0.25, -0.2) is 0 Å². The summed E-state index contributed by atoms with van der Waals surface area (Å²) in [5.74, 6) is -0.709. The molecular weight excluding hydrogens is 178 g/mol. The van der Waals surface area contributed by atoms with Gasteiger partial charge in [0.25, 0.3) is 0 Å². The van der Waals surface area contributed by atoms with Crippen molar-refractivity contribution in [3.63, 3.8) is 0 Å². The van der Waals surface area contributed by atoms with Crippen molar-refractivity contribution in [1.29, 1.82) is 0 Å². The largest absolute Gasteiger partial charge is 0.481 e. The molecule has 0 fully saturated rings. The van der Waals surface area contributed by atoms with E-state index < -0.39 is 5.97 Å². The van der Waals surface area contributed by atoms with Crippen molar-refractivity contribution >= 4 is 5.97 Å². The van der Waals surface area contributed by atoms with Crippen molar-refractivity contribution in [3.05, 3.63) is 12.2 Å². The van der Waals surface area contributed by atoms with E-state index in [1.807, 2.05) is 13.0 Å². The van der Waals surface area contributed by atoms with Gasteiger partial charge in [-0.15, -0.1) is 0 Å². The van der Waals surface area contributed by atoms with Gasteiger partial charge < -0.3 is 5.11 Å². The summed E-state index contributed by atoms with van der Waals surface area (Å²) < 4.78 is 0. The molecule has 3 heteroatoms. The highest BCUT2D eigenvalue weighted by Gasteiger charge is 2.07. The van der Waals surface area contributed by atoms with Gasteiger partial charge in [-0.3, -0.25) is 9.69 Å². The Balaban J connectivity index is 3.79. The summed E-state index contributed by atoms with van der Waals surface area (Å²) in [6, 6.07) is 0.472. The minimum atomic E-state index is -0.709. The van der Waals surface area contributed by atoms with Gasteiger partial charge in [-0.1, -0.05) is 12.2 Å². The quantitative estimate of drug-likeness (QED) is 0.639. The molecule has 0 saturated heterocycles. The molecule has 0 heterocycles. The zero-order valence-electron chi connectivity index (χ0n) is 9.36. The van der Waals surface area contributed by atoms with Crippen LogP contribution in [0.25, 0.3) is 0 Å². The van der Waals surface area contributed by atoms with Crippen molar-refractivity contribution in [2.45, 2.75) is 39.7 Å².